The van der Waals surface area contributed by atoms with Gasteiger partial charge < -0.3 is 9.84 Å². The van der Waals surface area contributed by atoms with Gasteiger partial charge in [0.1, 0.15) is 0 Å². The third kappa shape index (κ3) is 3.53. The zero-order valence-corrected chi connectivity index (χ0v) is 15.2. The van der Waals surface area contributed by atoms with Crippen molar-refractivity contribution in [3.05, 3.63) is 56.8 Å². The topological polar surface area (TPSA) is 75.4 Å². The molecule has 0 saturated heterocycles. The van der Waals surface area contributed by atoms with Gasteiger partial charge in [0.25, 0.3) is 0 Å². The lowest BCUT2D eigenvalue weighted by atomic mass is 10.2. The van der Waals surface area contributed by atoms with E-state index in [1.165, 1.54) is 18.0 Å². The predicted molar refractivity (Wildman–Crippen MR) is 101 cm³/mol. The largest absolute Gasteiger partial charge is 0.504 e. The maximum Gasteiger partial charge on any atom is 0.216 e. The number of ether oxygens (including phenoxy) is 1. The molecule has 0 aliphatic rings. The summed E-state index contributed by atoms with van der Waals surface area (Å²) in [6.07, 6.45) is 1.45. The molecule has 0 radical (unpaired) electrons. The van der Waals surface area contributed by atoms with E-state index < -0.39 is 0 Å². The summed E-state index contributed by atoms with van der Waals surface area (Å²) in [5.41, 5.74) is 1.08. The minimum absolute atomic E-state index is 0.0187. The molecule has 2 N–H and O–H groups in total. The Morgan fingerprint density at radius 2 is 2.12 bits per heavy atom. The molecule has 0 bridgehead atoms. The predicted octanol–water partition coefficient (Wildman–Crippen LogP) is 4.51. The zero-order valence-electron chi connectivity index (χ0n) is 12.9. The molecule has 0 aliphatic heterocycles. The van der Waals surface area contributed by atoms with Gasteiger partial charge in [-0.3, -0.25) is 0 Å². The molecule has 0 spiro atoms. The first-order chi connectivity index (χ1) is 12.0. The number of aromatic amines is 1. The van der Waals surface area contributed by atoms with Gasteiger partial charge in [0.05, 0.1) is 18.3 Å². The van der Waals surface area contributed by atoms with Gasteiger partial charge in [0.2, 0.25) is 4.77 Å². The van der Waals surface area contributed by atoms with Crippen LogP contribution in [0.3, 0.4) is 0 Å². The van der Waals surface area contributed by atoms with Crippen LogP contribution in [0, 0.1) is 4.77 Å². The highest BCUT2D eigenvalue weighted by molar-refractivity contribution is 7.71. The van der Waals surface area contributed by atoms with Crippen LogP contribution in [0.2, 0.25) is 10.0 Å². The number of para-hydroxylation sites is 1. The number of halogens is 2. The summed E-state index contributed by atoms with van der Waals surface area (Å²) in [5.74, 6) is 0.751. The van der Waals surface area contributed by atoms with Crippen molar-refractivity contribution in [3.8, 4) is 22.9 Å². The van der Waals surface area contributed by atoms with Crippen LogP contribution < -0.4 is 4.74 Å². The number of aromatic hydroxyl groups is 1. The molecular formula is C16H12Cl2N4O2S. The lowest BCUT2D eigenvalue weighted by Gasteiger charge is -2.06. The van der Waals surface area contributed by atoms with Gasteiger partial charge in [-0.05, 0) is 42.5 Å². The normalized spacial score (nSPS) is 11.2. The first kappa shape index (κ1) is 17.5. The number of hydrogen-bond donors (Lipinski definition) is 2. The van der Waals surface area contributed by atoms with Crippen molar-refractivity contribution in [2.24, 2.45) is 5.10 Å². The monoisotopic (exact) mass is 394 g/mol. The number of methoxy groups -OCH3 is 1. The molecule has 0 aliphatic carbocycles. The van der Waals surface area contributed by atoms with E-state index in [1.54, 1.807) is 36.4 Å². The van der Waals surface area contributed by atoms with E-state index in [1.807, 2.05) is 0 Å². The van der Waals surface area contributed by atoms with Crippen molar-refractivity contribution in [3.63, 3.8) is 0 Å². The summed E-state index contributed by atoms with van der Waals surface area (Å²) >= 11 is 17.4. The second-order valence-corrected chi connectivity index (χ2v) is 6.16. The number of rotatable bonds is 4. The Bertz CT molecular complexity index is 1010. The Hall–Kier alpha value is -2.35. The van der Waals surface area contributed by atoms with Crippen LogP contribution in [-0.4, -0.2) is 33.3 Å². The van der Waals surface area contributed by atoms with Crippen LogP contribution in [0.5, 0.6) is 11.5 Å². The van der Waals surface area contributed by atoms with Crippen LogP contribution in [0.4, 0.5) is 0 Å². The quantitative estimate of drug-likeness (QED) is 0.504. The second-order valence-electron chi connectivity index (χ2n) is 4.93. The molecule has 128 valence electrons. The van der Waals surface area contributed by atoms with E-state index in [9.17, 15) is 5.11 Å². The molecule has 0 saturated carbocycles. The average molecular weight is 395 g/mol. The smallest absolute Gasteiger partial charge is 0.216 e. The number of aromatic nitrogens is 3. The van der Waals surface area contributed by atoms with Crippen molar-refractivity contribution < 1.29 is 9.84 Å². The number of H-pyrrole nitrogens is 1. The minimum atomic E-state index is -0.0187. The molecule has 1 aromatic heterocycles. The standard InChI is InChI=1S/C16H12Cl2N4O2S/c1-24-13-4-2-3-9(14(13)23)8-19-22-15(20-21-16(22)25)11-6-5-10(17)7-12(11)18/h2-8,23H,1H3,(H,21,25)/b19-8+. The summed E-state index contributed by atoms with van der Waals surface area (Å²) in [7, 11) is 1.47. The molecule has 3 rings (SSSR count). The number of nitrogens with zero attached hydrogens (tertiary/aromatic N) is 3. The molecule has 0 amide bonds. The number of phenolic OH excluding ortho intramolecular Hbond substituents is 1. The Kier molecular flexibility index (Phi) is 5.08. The summed E-state index contributed by atoms with van der Waals surface area (Å²) in [6, 6.07) is 10.1. The fourth-order valence-electron chi connectivity index (χ4n) is 2.17. The van der Waals surface area contributed by atoms with E-state index in [0.717, 1.165) is 0 Å². The Labute approximate surface area is 158 Å². The van der Waals surface area contributed by atoms with E-state index in [0.29, 0.717) is 32.7 Å². The first-order valence-electron chi connectivity index (χ1n) is 7.04. The SMILES string of the molecule is COc1cccc(/C=N/n2c(-c3ccc(Cl)cc3Cl)n[nH]c2=S)c1O. The number of hydrogen-bond acceptors (Lipinski definition) is 5. The van der Waals surface area contributed by atoms with E-state index in [-0.39, 0.29) is 10.5 Å². The summed E-state index contributed by atoms with van der Waals surface area (Å²) in [4.78, 5) is 0. The second kappa shape index (κ2) is 7.26. The van der Waals surface area contributed by atoms with Crippen molar-refractivity contribution in [2.45, 2.75) is 0 Å². The van der Waals surface area contributed by atoms with E-state index in [2.05, 4.69) is 15.3 Å². The molecule has 25 heavy (non-hydrogen) atoms. The van der Waals surface area contributed by atoms with E-state index >= 15 is 0 Å². The molecule has 1 heterocycles. The van der Waals surface area contributed by atoms with Crippen molar-refractivity contribution in [1.82, 2.24) is 14.9 Å². The number of phenols is 1. The molecule has 6 nitrogen and oxygen atoms in total. The van der Waals surface area contributed by atoms with Gasteiger partial charge in [-0.2, -0.15) is 14.9 Å². The Morgan fingerprint density at radius 1 is 1.32 bits per heavy atom. The van der Waals surface area contributed by atoms with Gasteiger partial charge in [-0.15, -0.1) is 0 Å². The van der Waals surface area contributed by atoms with Gasteiger partial charge in [-0.1, -0.05) is 29.3 Å². The highest BCUT2D eigenvalue weighted by Gasteiger charge is 2.13. The van der Waals surface area contributed by atoms with Crippen molar-refractivity contribution >= 4 is 41.6 Å². The molecule has 2 aromatic carbocycles. The molecule has 3 aromatic rings. The number of nitrogens with one attached hydrogen (secondary N) is 1. The lowest BCUT2D eigenvalue weighted by Crippen LogP contribution is -1.96. The van der Waals surface area contributed by atoms with Gasteiger partial charge in [0, 0.05) is 16.1 Å². The summed E-state index contributed by atoms with van der Waals surface area (Å²) < 4.78 is 6.76. The Balaban J connectivity index is 2.05. The van der Waals surface area contributed by atoms with Crippen LogP contribution in [0.1, 0.15) is 5.56 Å². The first-order valence-corrected chi connectivity index (χ1v) is 8.21. The molecule has 0 unspecified atom stereocenters. The molecule has 0 atom stereocenters. The highest BCUT2D eigenvalue weighted by atomic mass is 35.5. The van der Waals surface area contributed by atoms with Crippen molar-refractivity contribution in [1.29, 1.82) is 0 Å². The molecule has 9 heteroatoms. The van der Waals surface area contributed by atoms with Gasteiger partial charge in [-0.25, -0.2) is 5.10 Å². The molecular weight excluding hydrogens is 383 g/mol. The molecule has 0 fully saturated rings. The van der Waals surface area contributed by atoms with Crippen LogP contribution >= 0.6 is 35.4 Å². The van der Waals surface area contributed by atoms with Crippen LogP contribution in [0.15, 0.2) is 41.5 Å². The maximum atomic E-state index is 10.1. The Morgan fingerprint density at radius 3 is 2.84 bits per heavy atom. The van der Waals surface area contributed by atoms with Crippen molar-refractivity contribution in [2.75, 3.05) is 7.11 Å². The van der Waals surface area contributed by atoms with Crippen LogP contribution in [-0.2, 0) is 0 Å². The van der Waals surface area contributed by atoms with Gasteiger partial charge in [0.15, 0.2) is 17.3 Å². The third-order valence-electron chi connectivity index (χ3n) is 3.38. The highest BCUT2D eigenvalue weighted by Crippen LogP contribution is 2.30. The fourth-order valence-corrected chi connectivity index (χ4v) is 2.84. The maximum absolute atomic E-state index is 10.1. The fraction of sp³-hybridized carbons (Fsp3) is 0.0625. The number of benzene rings is 2. The zero-order chi connectivity index (χ0) is 18.0. The minimum Gasteiger partial charge on any atom is -0.504 e. The average Bonchev–Trinajstić information content (AvgIpc) is 2.94. The van der Waals surface area contributed by atoms with Gasteiger partial charge >= 0.3 is 0 Å². The summed E-state index contributed by atoms with van der Waals surface area (Å²) in [5, 5.41) is 22.2. The van der Waals surface area contributed by atoms with Crippen LogP contribution in [0.25, 0.3) is 11.4 Å². The van der Waals surface area contributed by atoms with E-state index in [4.69, 9.17) is 40.2 Å². The summed E-state index contributed by atoms with van der Waals surface area (Å²) in [6.45, 7) is 0. The third-order valence-corrected chi connectivity index (χ3v) is 4.20. The lowest BCUT2D eigenvalue weighted by molar-refractivity contribution is 0.373.